The molecular weight excluding hydrogens is 254 g/mol. The maximum absolute atomic E-state index is 3.94. The van der Waals surface area contributed by atoms with Crippen molar-refractivity contribution in [3.8, 4) is 0 Å². The van der Waals surface area contributed by atoms with Crippen LogP contribution in [0.2, 0.25) is 0 Å². The second-order valence-electron chi connectivity index (χ2n) is 6.22. The van der Waals surface area contributed by atoms with Gasteiger partial charge in [0.1, 0.15) is 5.69 Å². The van der Waals surface area contributed by atoms with E-state index < -0.39 is 0 Å². The summed E-state index contributed by atoms with van der Waals surface area (Å²) < 4.78 is 0. The van der Waals surface area contributed by atoms with Gasteiger partial charge in [0.05, 0.1) is 12.7 Å². The van der Waals surface area contributed by atoms with Gasteiger partial charge in [0.15, 0.2) is 0 Å². The smallest absolute Gasteiger partial charge is 0.135 e. The lowest BCUT2D eigenvalue weighted by Crippen LogP contribution is -3.02. The number of unbranched alkanes of at least 4 members (excludes halogenated alkanes) is 2. The van der Waals surface area contributed by atoms with E-state index in [4.69, 9.17) is 0 Å². The third-order valence-corrected chi connectivity index (χ3v) is 3.26. The minimum Gasteiger partial charge on any atom is -1.00 e. The van der Waals surface area contributed by atoms with Crippen LogP contribution >= 0.6 is 0 Å². The quantitative estimate of drug-likeness (QED) is 0.710. The number of hydrogen-bond donors (Lipinski definition) is 1. The number of quaternary nitrogens is 1. The summed E-state index contributed by atoms with van der Waals surface area (Å²) >= 11 is 0. The molecule has 0 bridgehead atoms. The van der Waals surface area contributed by atoms with Crippen molar-refractivity contribution < 1.29 is 17.3 Å². The highest BCUT2D eigenvalue weighted by Crippen LogP contribution is 2.21. The molecule has 1 rings (SSSR count). The Bertz CT molecular complexity index is 340. The molecule has 1 unspecified atom stereocenters. The number of benzene rings is 1. The normalized spacial score (nSPS) is 12.6. The van der Waals surface area contributed by atoms with Crippen LogP contribution in [0.3, 0.4) is 0 Å². The van der Waals surface area contributed by atoms with E-state index in [1.165, 1.54) is 36.3 Å². The summed E-state index contributed by atoms with van der Waals surface area (Å²) in [5, 5.41) is 0. The first kappa shape index (κ1) is 18.2. The molecule has 1 aromatic rings. The summed E-state index contributed by atoms with van der Waals surface area (Å²) in [5.41, 5.74) is 1.80. The molecule has 1 nitrogen and oxygen atoms in total. The van der Waals surface area contributed by atoms with Gasteiger partial charge in [-0.25, -0.2) is 0 Å². The van der Waals surface area contributed by atoms with E-state index in [1.807, 2.05) is 6.20 Å². The zero-order valence-corrected chi connectivity index (χ0v) is 13.3. The Morgan fingerprint density at radius 2 is 1.68 bits per heavy atom. The summed E-state index contributed by atoms with van der Waals surface area (Å²) in [6.45, 7) is 12.0. The van der Waals surface area contributed by atoms with Gasteiger partial charge in [-0.15, -0.1) is 0 Å². The van der Waals surface area contributed by atoms with E-state index >= 15 is 0 Å². The van der Waals surface area contributed by atoms with E-state index in [-0.39, 0.29) is 12.4 Å². The van der Waals surface area contributed by atoms with Crippen molar-refractivity contribution in [1.82, 2.24) is 0 Å². The first-order valence-corrected chi connectivity index (χ1v) is 7.06. The van der Waals surface area contributed by atoms with Crippen LogP contribution < -0.4 is 17.3 Å². The Kier molecular flexibility index (Phi) is 8.79. The van der Waals surface area contributed by atoms with Crippen LogP contribution in [0, 0.1) is 5.41 Å². The number of halogens is 1. The first-order valence-electron chi connectivity index (χ1n) is 7.06. The number of hydrogen-bond acceptors (Lipinski definition) is 0. The van der Waals surface area contributed by atoms with Crippen molar-refractivity contribution in [3.05, 3.63) is 43.1 Å². The predicted octanol–water partition coefficient (Wildman–Crippen LogP) is 0.957. The van der Waals surface area contributed by atoms with Gasteiger partial charge in [0, 0.05) is 0 Å². The Morgan fingerprint density at radius 1 is 1.05 bits per heavy atom. The van der Waals surface area contributed by atoms with Crippen LogP contribution in [-0.4, -0.2) is 6.54 Å². The molecule has 0 saturated carbocycles. The second kappa shape index (κ2) is 9.17. The fraction of sp³-hybridized carbons (Fsp3) is 0.529. The molecule has 0 heterocycles. The van der Waals surface area contributed by atoms with Crippen molar-refractivity contribution in [2.45, 2.75) is 46.5 Å². The summed E-state index contributed by atoms with van der Waals surface area (Å²) in [5.74, 6) is 0. The third kappa shape index (κ3) is 8.07. The Labute approximate surface area is 125 Å². The van der Waals surface area contributed by atoms with Gasteiger partial charge in [0.2, 0.25) is 0 Å². The van der Waals surface area contributed by atoms with Crippen LogP contribution in [0.1, 0.15) is 46.5 Å². The van der Waals surface area contributed by atoms with Crippen molar-refractivity contribution in [2.24, 2.45) is 5.41 Å². The molecule has 1 atom stereocenters. The molecule has 19 heavy (non-hydrogen) atoms. The Balaban J connectivity index is 0.00000324. The van der Waals surface area contributed by atoms with Gasteiger partial charge < -0.3 is 12.4 Å². The van der Waals surface area contributed by atoms with Crippen molar-refractivity contribution in [2.75, 3.05) is 6.54 Å². The second-order valence-corrected chi connectivity index (χ2v) is 6.22. The molecule has 0 amide bonds. The van der Waals surface area contributed by atoms with Crippen LogP contribution in [0.5, 0.6) is 0 Å². The SMILES string of the molecule is C=C[NH+](CCCCCC(C)(C)C)c1ccccc1.[Cl-]. The minimum absolute atomic E-state index is 0. The zero-order valence-electron chi connectivity index (χ0n) is 12.6. The van der Waals surface area contributed by atoms with Crippen molar-refractivity contribution in [3.63, 3.8) is 0 Å². The number of rotatable bonds is 7. The molecule has 0 radical (unpaired) electrons. The Morgan fingerprint density at radius 3 is 2.21 bits per heavy atom. The highest BCUT2D eigenvalue weighted by Gasteiger charge is 2.10. The molecule has 1 N–H and O–H groups in total. The summed E-state index contributed by atoms with van der Waals surface area (Å²) in [6, 6.07) is 10.6. The van der Waals surface area contributed by atoms with E-state index in [9.17, 15) is 0 Å². The fourth-order valence-electron chi connectivity index (χ4n) is 2.16. The van der Waals surface area contributed by atoms with Gasteiger partial charge in [-0.05, 0) is 43.4 Å². The van der Waals surface area contributed by atoms with Gasteiger partial charge in [-0.3, -0.25) is 4.90 Å². The van der Waals surface area contributed by atoms with Crippen LogP contribution in [0.4, 0.5) is 5.69 Å². The maximum Gasteiger partial charge on any atom is 0.135 e. The molecule has 0 aliphatic rings. The average Bonchev–Trinajstić information content (AvgIpc) is 2.33. The predicted molar refractivity (Wildman–Crippen MR) is 80.1 cm³/mol. The molecular formula is C17H28ClN. The molecule has 0 fully saturated rings. The highest BCUT2D eigenvalue weighted by atomic mass is 35.5. The lowest BCUT2D eigenvalue weighted by molar-refractivity contribution is -0.775. The van der Waals surface area contributed by atoms with E-state index in [2.05, 4.69) is 57.7 Å². The molecule has 108 valence electrons. The number of nitrogens with one attached hydrogen (secondary N) is 1. The van der Waals surface area contributed by atoms with Crippen molar-refractivity contribution in [1.29, 1.82) is 0 Å². The largest absolute Gasteiger partial charge is 1.00 e. The minimum atomic E-state index is 0. The molecule has 0 aromatic heterocycles. The summed E-state index contributed by atoms with van der Waals surface area (Å²) in [6.07, 6.45) is 7.26. The number of para-hydroxylation sites is 1. The molecule has 0 saturated heterocycles. The standard InChI is InChI=1S/C17H27N.ClH/c1-5-18(16-12-8-6-9-13-16)15-11-7-10-14-17(2,3)4;/h5-6,8-9,12-13H,1,7,10-11,14-15H2,2-4H3;1H. The molecule has 1 aromatic carbocycles. The lowest BCUT2D eigenvalue weighted by atomic mass is 9.89. The van der Waals surface area contributed by atoms with Crippen LogP contribution in [0.15, 0.2) is 43.1 Å². The maximum atomic E-state index is 3.94. The molecule has 0 aliphatic carbocycles. The first-order chi connectivity index (χ1) is 8.53. The molecule has 0 aliphatic heterocycles. The molecule has 0 spiro atoms. The van der Waals surface area contributed by atoms with Gasteiger partial charge >= 0.3 is 0 Å². The van der Waals surface area contributed by atoms with Gasteiger partial charge in [0.25, 0.3) is 0 Å². The summed E-state index contributed by atoms with van der Waals surface area (Å²) in [7, 11) is 0. The zero-order chi connectivity index (χ0) is 13.4. The van der Waals surface area contributed by atoms with Gasteiger partial charge in [-0.2, -0.15) is 0 Å². The van der Waals surface area contributed by atoms with Crippen molar-refractivity contribution >= 4 is 5.69 Å². The molecule has 2 heteroatoms. The Hall–Kier alpha value is -0.790. The van der Waals surface area contributed by atoms with Crippen LogP contribution in [0.25, 0.3) is 0 Å². The topological polar surface area (TPSA) is 4.44 Å². The van der Waals surface area contributed by atoms with E-state index in [0.717, 1.165) is 6.54 Å². The van der Waals surface area contributed by atoms with Crippen LogP contribution in [-0.2, 0) is 0 Å². The fourth-order valence-corrected chi connectivity index (χ4v) is 2.16. The summed E-state index contributed by atoms with van der Waals surface area (Å²) in [4.78, 5) is 1.38. The lowest BCUT2D eigenvalue weighted by Gasteiger charge is -2.18. The average molecular weight is 282 g/mol. The monoisotopic (exact) mass is 281 g/mol. The third-order valence-electron chi connectivity index (χ3n) is 3.26. The highest BCUT2D eigenvalue weighted by molar-refractivity contribution is 5.28. The van der Waals surface area contributed by atoms with E-state index in [0.29, 0.717) is 5.41 Å². The van der Waals surface area contributed by atoms with E-state index in [1.54, 1.807) is 0 Å². The van der Waals surface area contributed by atoms with Gasteiger partial charge in [-0.1, -0.05) is 45.4 Å².